The lowest BCUT2D eigenvalue weighted by Crippen LogP contribution is -2.23. The molecule has 0 atom stereocenters. The quantitative estimate of drug-likeness (QED) is 0.214. The maximum atomic E-state index is 11.5. The minimum absolute atomic E-state index is 0.315. The number of hydrazone groups is 1. The Morgan fingerprint density at radius 2 is 1.93 bits per heavy atom. The summed E-state index contributed by atoms with van der Waals surface area (Å²) >= 11 is 5.20. The van der Waals surface area contributed by atoms with E-state index in [4.69, 9.17) is 17.0 Å². The fourth-order valence-corrected chi connectivity index (χ4v) is 2.84. The monoisotopic (exact) mass is 419 g/mol. The van der Waals surface area contributed by atoms with E-state index >= 15 is 0 Å². The van der Waals surface area contributed by atoms with Crippen molar-refractivity contribution in [1.82, 2.24) is 10.6 Å². The fraction of sp³-hybridized carbons (Fsp3) is 0.0476. The summed E-state index contributed by atoms with van der Waals surface area (Å²) in [7, 11) is 0. The predicted octanol–water partition coefficient (Wildman–Crippen LogP) is 3.36. The summed E-state index contributed by atoms with van der Waals surface area (Å²) in [6.07, 6.45) is 1.66. The zero-order valence-corrected chi connectivity index (χ0v) is 16.5. The van der Waals surface area contributed by atoms with Crippen LogP contribution in [0.15, 0.2) is 82.5 Å². The number of benzene rings is 3. The van der Waals surface area contributed by atoms with E-state index in [1.165, 1.54) is 0 Å². The predicted molar refractivity (Wildman–Crippen MR) is 117 cm³/mol. The topological polar surface area (TPSA) is 98.6 Å². The van der Waals surface area contributed by atoms with Crippen molar-refractivity contribution < 1.29 is 14.3 Å². The molecule has 0 saturated carbocycles. The van der Waals surface area contributed by atoms with Crippen LogP contribution in [0.4, 0.5) is 5.69 Å². The maximum absolute atomic E-state index is 11.5. The van der Waals surface area contributed by atoms with Gasteiger partial charge in [0.1, 0.15) is 12.4 Å². The van der Waals surface area contributed by atoms with Gasteiger partial charge in [-0.2, -0.15) is 5.10 Å². The summed E-state index contributed by atoms with van der Waals surface area (Å²) in [6, 6.07) is 22.3. The second-order valence-electron chi connectivity index (χ2n) is 6.30. The maximum Gasteiger partial charge on any atom is 0.248 e. The number of para-hydroxylation sites is 1. The molecule has 4 rings (SSSR count). The van der Waals surface area contributed by atoms with Gasteiger partial charge in [-0.25, -0.2) is 0 Å². The van der Waals surface area contributed by atoms with Crippen molar-refractivity contribution in [3.63, 3.8) is 0 Å². The molecule has 3 aromatic carbocycles. The second-order valence-corrected chi connectivity index (χ2v) is 6.71. The number of fused-ring (bicyclic) bond motifs is 1. The molecule has 30 heavy (non-hydrogen) atoms. The molecule has 1 aromatic heterocycles. The van der Waals surface area contributed by atoms with Gasteiger partial charge in [-0.1, -0.05) is 24.3 Å². The van der Waals surface area contributed by atoms with Crippen LogP contribution in [0, 0.1) is 5.21 Å². The molecule has 0 aliphatic rings. The Kier molecular flexibility index (Phi) is 5.81. The minimum Gasteiger partial charge on any atom is -0.489 e. The van der Waals surface area contributed by atoms with Gasteiger partial charge in [0.05, 0.1) is 6.21 Å². The van der Waals surface area contributed by atoms with E-state index in [0.717, 1.165) is 16.8 Å². The van der Waals surface area contributed by atoms with E-state index in [1.54, 1.807) is 18.3 Å². The first-order valence-electron chi connectivity index (χ1n) is 9.04. The molecule has 1 heterocycles. The second kappa shape index (κ2) is 9.01. The third-order valence-corrected chi connectivity index (χ3v) is 4.34. The molecule has 0 aliphatic carbocycles. The standard InChI is InChI=1S/C21H17N5O3S/c27-26-20-12-16(8-11-19(20)25-29-26)14-28-18-9-6-15(7-10-18)13-22-24-21(30)23-17-4-2-1-3-5-17/h1-13H,14H2,(H2,23,24,30)/b22-13+. The van der Waals surface area contributed by atoms with Gasteiger partial charge in [0.15, 0.2) is 5.11 Å². The highest BCUT2D eigenvalue weighted by atomic mass is 32.1. The highest BCUT2D eigenvalue weighted by Crippen LogP contribution is 2.16. The number of aromatic nitrogens is 2. The molecule has 0 radical (unpaired) electrons. The smallest absolute Gasteiger partial charge is 0.248 e. The van der Waals surface area contributed by atoms with Gasteiger partial charge in [0.25, 0.3) is 0 Å². The Bertz CT molecular complexity index is 1180. The lowest BCUT2D eigenvalue weighted by Gasteiger charge is -2.07. The van der Waals surface area contributed by atoms with E-state index in [1.807, 2.05) is 60.7 Å². The van der Waals surface area contributed by atoms with Crippen molar-refractivity contribution in [3.05, 3.63) is 89.1 Å². The number of ether oxygens (including phenoxy) is 1. The SMILES string of the molecule is [O-][n+]1onc2ccc(COc3ccc(/C=N/NC(=S)Nc4ccccc4)cc3)cc21. The Morgan fingerprint density at radius 3 is 2.73 bits per heavy atom. The van der Waals surface area contributed by atoms with Crippen LogP contribution in [-0.4, -0.2) is 16.5 Å². The molecule has 2 N–H and O–H groups in total. The van der Waals surface area contributed by atoms with Crippen LogP contribution in [0.1, 0.15) is 11.1 Å². The molecular weight excluding hydrogens is 402 g/mol. The zero-order chi connectivity index (χ0) is 20.8. The molecule has 150 valence electrons. The van der Waals surface area contributed by atoms with E-state index in [0.29, 0.717) is 33.4 Å². The molecule has 4 aromatic rings. The highest BCUT2D eigenvalue weighted by molar-refractivity contribution is 7.80. The van der Waals surface area contributed by atoms with E-state index in [2.05, 4.69) is 25.6 Å². The van der Waals surface area contributed by atoms with Gasteiger partial charge in [-0.3, -0.25) is 10.1 Å². The van der Waals surface area contributed by atoms with Gasteiger partial charge in [0.2, 0.25) is 11.0 Å². The number of anilines is 1. The zero-order valence-electron chi connectivity index (χ0n) is 15.7. The van der Waals surface area contributed by atoms with Crippen LogP contribution in [0.3, 0.4) is 0 Å². The number of hydrogen-bond donors (Lipinski definition) is 2. The first-order chi connectivity index (χ1) is 14.7. The van der Waals surface area contributed by atoms with Crippen LogP contribution in [-0.2, 0) is 6.61 Å². The molecule has 0 fully saturated rings. The molecule has 0 bridgehead atoms. The third kappa shape index (κ3) is 4.89. The van der Waals surface area contributed by atoms with E-state index in [-0.39, 0.29) is 0 Å². The van der Waals surface area contributed by atoms with Crippen molar-refractivity contribution in [1.29, 1.82) is 0 Å². The summed E-state index contributed by atoms with van der Waals surface area (Å²) < 4.78 is 10.3. The molecular formula is C21H17N5O3S. The van der Waals surface area contributed by atoms with Crippen LogP contribution >= 0.6 is 12.2 Å². The van der Waals surface area contributed by atoms with Gasteiger partial charge in [0, 0.05) is 16.9 Å². The summed E-state index contributed by atoms with van der Waals surface area (Å²) in [5, 5.41) is 22.7. The van der Waals surface area contributed by atoms with Crippen molar-refractivity contribution in [2.24, 2.45) is 5.10 Å². The summed E-state index contributed by atoms with van der Waals surface area (Å²) in [5.74, 6) is 0.696. The van der Waals surface area contributed by atoms with E-state index < -0.39 is 0 Å². The molecule has 0 aliphatic heterocycles. The molecule has 8 nitrogen and oxygen atoms in total. The van der Waals surface area contributed by atoms with Gasteiger partial charge >= 0.3 is 0 Å². The summed E-state index contributed by atoms with van der Waals surface area (Å²) in [4.78, 5) is 0.377. The summed E-state index contributed by atoms with van der Waals surface area (Å²) in [6.45, 7) is 0.315. The number of rotatable bonds is 6. The Morgan fingerprint density at radius 1 is 1.13 bits per heavy atom. The number of nitrogens with one attached hydrogen (secondary N) is 2. The molecule has 0 spiro atoms. The lowest BCUT2D eigenvalue weighted by molar-refractivity contribution is -0.782. The van der Waals surface area contributed by atoms with Crippen LogP contribution in [0.2, 0.25) is 0 Å². The van der Waals surface area contributed by atoms with Gasteiger partial charge < -0.3 is 15.3 Å². The largest absolute Gasteiger partial charge is 0.489 e. The number of thiocarbonyl (C=S) groups is 1. The molecule has 0 saturated heterocycles. The molecule has 9 heteroatoms. The van der Waals surface area contributed by atoms with E-state index in [9.17, 15) is 5.21 Å². The Hall–Kier alpha value is -3.98. The first-order valence-corrected chi connectivity index (χ1v) is 9.44. The normalized spacial score (nSPS) is 10.9. The minimum atomic E-state index is 0.315. The first kappa shape index (κ1) is 19.3. The van der Waals surface area contributed by atoms with Gasteiger partial charge in [-0.15, -0.1) is 0 Å². The molecule has 0 amide bonds. The highest BCUT2D eigenvalue weighted by Gasteiger charge is 2.09. The third-order valence-electron chi connectivity index (χ3n) is 4.15. The Labute approximate surface area is 177 Å². The van der Waals surface area contributed by atoms with Crippen LogP contribution in [0.25, 0.3) is 11.0 Å². The fourth-order valence-electron chi connectivity index (χ4n) is 2.67. The van der Waals surface area contributed by atoms with Gasteiger partial charge in [-0.05, 0) is 70.7 Å². The van der Waals surface area contributed by atoms with Crippen LogP contribution < -0.4 is 20.4 Å². The van der Waals surface area contributed by atoms with Crippen molar-refractivity contribution in [3.8, 4) is 5.75 Å². The van der Waals surface area contributed by atoms with Crippen LogP contribution in [0.5, 0.6) is 5.75 Å². The Balaban J connectivity index is 1.28. The molecule has 0 unspecified atom stereocenters. The lowest BCUT2D eigenvalue weighted by atomic mass is 10.2. The van der Waals surface area contributed by atoms with Crippen molar-refractivity contribution in [2.45, 2.75) is 6.61 Å². The van der Waals surface area contributed by atoms with Crippen molar-refractivity contribution in [2.75, 3.05) is 5.32 Å². The number of hydrogen-bond acceptors (Lipinski definition) is 6. The van der Waals surface area contributed by atoms with Crippen molar-refractivity contribution >= 4 is 40.3 Å². The summed E-state index contributed by atoms with van der Waals surface area (Å²) in [5.41, 5.74) is 6.26. The average Bonchev–Trinajstić information content (AvgIpc) is 3.14. The average molecular weight is 419 g/mol. The number of nitrogens with zero attached hydrogens (tertiary/aromatic N) is 3.